The molecule has 9 heteroatoms. The van der Waals surface area contributed by atoms with Crippen molar-refractivity contribution < 1.29 is 18.0 Å². The van der Waals surface area contributed by atoms with E-state index in [1.54, 1.807) is 37.3 Å². The van der Waals surface area contributed by atoms with Gasteiger partial charge in [-0.25, -0.2) is 0 Å². The summed E-state index contributed by atoms with van der Waals surface area (Å²) in [6.45, 7) is 3.66. The van der Waals surface area contributed by atoms with E-state index in [0.29, 0.717) is 15.6 Å². The first-order valence-corrected chi connectivity index (χ1v) is 10.0. The highest BCUT2D eigenvalue weighted by Crippen LogP contribution is 2.31. The number of carbonyl (C=O) groups excluding carboxylic acids is 1. The van der Waals surface area contributed by atoms with Crippen LogP contribution in [0.15, 0.2) is 54.1 Å². The molecule has 3 rings (SSSR count). The Labute approximate surface area is 192 Å². The van der Waals surface area contributed by atoms with E-state index in [1.165, 1.54) is 18.2 Å². The molecule has 0 aliphatic heterocycles. The van der Waals surface area contributed by atoms with Crippen molar-refractivity contribution in [2.45, 2.75) is 20.0 Å². The summed E-state index contributed by atoms with van der Waals surface area (Å²) in [5, 5.41) is 12.6. The van der Waals surface area contributed by atoms with Gasteiger partial charge < -0.3 is 9.88 Å². The van der Waals surface area contributed by atoms with Gasteiger partial charge in [-0.05, 0) is 68.0 Å². The van der Waals surface area contributed by atoms with Crippen molar-refractivity contribution in [2.75, 3.05) is 5.32 Å². The third kappa shape index (κ3) is 4.98. The molecule has 0 fully saturated rings. The number of rotatable bonds is 4. The molecule has 1 aromatic heterocycles. The van der Waals surface area contributed by atoms with E-state index in [2.05, 4.69) is 5.32 Å². The smallest absolute Gasteiger partial charge is 0.321 e. The van der Waals surface area contributed by atoms with Gasteiger partial charge in [0, 0.05) is 22.8 Å². The number of anilines is 1. The Balaban J connectivity index is 1.92. The van der Waals surface area contributed by atoms with Crippen molar-refractivity contribution in [2.24, 2.45) is 0 Å². The van der Waals surface area contributed by atoms with Gasteiger partial charge >= 0.3 is 6.18 Å². The molecule has 2 aromatic carbocycles. The van der Waals surface area contributed by atoms with E-state index in [0.717, 1.165) is 29.2 Å². The number of carbonyl (C=O) groups is 1. The lowest BCUT2D eigenvalue weighted by Crippen LogP contribution is -2.14. The SMILES string of the molecule is Cc1cc(/C=C(\C#N)C(=O)Nc2cccc(C(F)(F)F)c2)c(C)n1-c1ccc(Cl)c(Cl)c1. The van der Waals surface area contributed by atoms with Gasteiger partial charge in [0.05, 0.1) is 15.6 Å². The molecule has 1 heterocycles. The number of nitriles is 1. The molecule has 4 nitrogen and oxygen atoms in total. The Hall–Kier alpha value is -3.21. The van der Waals surface area contributed by atoms with Crippen molar-refractivity contribution in [1.29, 1.82) is 5.26 Å². The maximum absolute atomic E-state index is 12.9. The average molecular weight is 478 g/mol. The van der Waals surface area contributed by atoms with E-state index < -0.39 is 17.6 Å². The quantitative estimate of drug-likeness (QED) is 0.325. The number of nitrogens with zero attached hydrogens (tertiary/aromatic N) is 2. The maximum atomic E-state index is 12.9. The van der Waals surface area contributed by atoms with Crippen molar-refractivity contribution in [1.82, 2.24) is 4.57 Å². The summed E-state index contributed by atoms with van der Waals surface area (Å²) >= 11 is 12.1. The zero-order valence-corrected chi connectivity index (χ0v) is 18.4. The largest absolute Gasteiger partial charge is 0.416 e. The number of halogens is 5. The molecular weight excluding hydrogens is 462 g/mol. The standard InChI is InChI=1S/C23H16Cl2F3N3O/c1-13-8-15(14(2)31(13)19-6-7-20(24)21(25)11-19)9-16(12-29)22(32)30-18-5-3-4-17(10-18)23(26,27)28/h3-11H,1-2H3,(H,30,32)/b16-9+. The van der Waals surface area contributed by atoms with Gasteiger partial charge in [0.2, 0.25) is 0 Å². The topological polar surface area (TPSA) is 57.8 Å². The molecule has 0 saturated carbocycles. The van der Waals surface area contributed by atoms with Crippen LogP contribution in [0.25, 0.3) is 11.8 Å². The molecule has 0 atom stereocenters. The van der Waals surface area contributed by atoms with Crippen LogP contribution in [-0.4, -0.2) is 10.5 Å². The van der Waals surface area contributed by atoms with Crippen LogP contribution in [0.5, 0.6) is 0 Å². The second-order valence-corrected chi connectivity index (χ2v) is 7.78. The lowest BCUT2D eigenvalue weighted by Gasteiger charge is -2.11. The molecule has 0 unspecified atom stereocenters. The molecule has 0 aliphatic rings. The van der Waals surface area contributed by atoms with Gasteiger partial charge in [0.25, 0.3) is 5.91 Å². The average Bonchev–Trinajstić information content (AvgIpc) is 3.00. The minimum Gasteiger partial charge on any atom is -0.321 e. The predicted molar refractivity (Wildman–Crippen MR) is 119 cm³/mol. The highest BCUT2D eigenvalue weighted by atomic mass is 35.5. The number of aromatic nitrogens is 1. The molecule has 3 aromatic rings. The second kappa shape index (κ2) is 9.11. The Morgan fingerprint density at radius 2 is 1.81 bits per heavy atom. The fraction of sp³-hybridized carbons (Fsp3) is 0.130. The summed E-state index contributed by atoms with van der Waals surface area (Å²) in [7, 11) is 0. The highest BCUT2D eigenvalue weighted by Gasteiger charge is 2.30. The fourth-order valence-corrected chi connectivity index (χ4v) is 3.52. The maximum Gasteiger partial charge on any atom is 0.416 e. The van der Waals surface area contributed by atoms with E-state index in [9.17, 15) is 23.2 Å². The van der Waals surface area contributed by atoms with E-state index >= 15 is 0 Å². The Morgan fingerprint density at radius 3 is 2.44 bits per heavy atom. The highest BCUT2D eigenvalue weighted by molar-refractivity contribution is 6.42. The summed E-state index contributed by atoms with van der Waals surface area (Å²) in [6, 6.07) is 12.9. The van der Waals surface area contributed by atoms with Crippen molar-refractivity contribution >= 4 is 40.9 Å². The Bertz CT molecular complexity index is 1270. The van der Waals surface area contributed by atoms with Crippen LogP contribution in [0.2, 0.25) is 10.0 Å². The molecule has 1 amide bonds. The van der Waals surface area contributed by atoms with Crippen molar-refractivity contribution in [3.05, 3.63) is 86.7 Å². The summed E-state index contributed by atoms with van der Waals surface area (Å²) in [6.07, 6.45) is -3.16. The normalized spacial score (nSPS) is 11.9. The zero-order valence-electron chi connectivity index (χ0n) is 16.9. The van der Waals surface area contributed by atoms with Crippen LogP contribution in [-0.2, 0) is 11.0 Å². The minimum absolute atomic E-state index is 0.0627. The zero-order chi connectivity index (χ0) is 23.6. The van der Waals surface area contributed by atoms with E-state index in [1.807, 2.05) is 11.5 Å². The third-order valence-corrected chi connectivity index (χ3v) is 5.48. The van der Waals surface area contributed by atoms with Gasteiger partial charge in [-0.1, -0.05) is 29.3 Å². The summed E-state index contributed by atoms with van der Waals surface area (Å²) in [5.41, 5.74) is 1.69. The van der Waals surface area contributed by atoms with Crippen LogP contribution in [0.4, 0.5) is 18.9 Å². The van der Waals surface area contributed by atoms with Gasteiger partial charge in [-0.15, -0.1) is 0 Å². The van der Waals surface area contributed by atoms with E-state index in [-0.39, 0.29) is 11.3 Å². The van der Waals surface area contributed by atoms with Gasteiger partial charge in [0.15, 0.2) is 0 Å². The summed E-state index contributed by atoms with van der Waals surface area (Å²) in [4.78, 5) is 12.5. The third-order valence-electron chi connectivity index (χ3n) is 4.74. The van der Waals surface area contributed by atoms with Crippen LogP contribution in [0.3, 0.4) is 0 Å². The minimum atomic E-state index is -4.54. The molecule has 1 N–H and O–H groups in total. The van der Waals surface area contributed by atoms with Crippen molar-refractivity contribution in [3.8, 4) is 11.8 Å². The first-order chi connectivity index (χ1) is 15.0. The second-order valence-electron chi connectivity index (χ2n) is 6.96. The molecule has 164 valence electrons. The number of benzene rings is 2. The Morgan fingerprint density at radius 1 is 1.09 bits per heavy atom. The molecule has 32 heavy (non-hydrogen) atoms. The lowest BCUT2D eigenvalue weighted by molar-refractivity contribution is -0.137. The molecule has 0 bridgehead atoms. The number of amides is 1. The summed E-state index contributed by atoms with van der Waals surface area (Å²) in [5.74, 6) is -0.814. The van der Waals surface area contributed by atoms with E-state index in [4.69, 9.17) is 23.2 Å². The van der Waals surface area contributed by atoms with Gasteiger partial charge in [-0.2, -0.15) is 18.4 Å². The first kappa shape index (κ1) is 23.5. The molecule has 0 saturated heterocycles. The molecule has 0 spiro atoms. The Kier molecular flexibility index (Phi) is 6.68. The lowest BCUT2D eigenvalue weighted by atomic mass is 10.1. The summed E-state index contributed by atoms with van der Waals surface area (Å²) < 4.78 is 40.6. The number of aryl methyl sites for hydroxylation is 1. The van der Waals surface area contributed by atoms with Crippen LogP contribution < -0.4 is 5.32 Å². The number of alkyl halides is 3. The van der Waals surface area contributed by atoms with Crippen molar-refractivity contribution in [3.63, 3.8) is 0 Å². The first-order valence-electron chi connectivity index (χ1n) is 9.26. The monoisotopic (exact) mass is 477 g/mol. The van der Waals surface area contributed by atoms with Gasteiger partial charge in [-0.3, -0.25) is 4.79 Å². The van der Waals surface area contributed by atoms with Crippen LogP contribution >= 0.6 is 23.2 Å². The number of hydrogen-bond acceptors (Lipinski definition) is 2. The van der Waals surface area contributed by atoms with Crippen LogP contribution in [0.1, 0.15) is 22.5 Å². The number of hydrogen-bond donors (Lipinski definition) is 1. The molecular formula is C23H16Cl2F3N3O. The molecule has 0 radical (unpaired) electrons. The van der Waals surface area contributed by atoms with Gasteiger partial charge in [0.1, 0.15) is 11.6 Å². The van der Waals surface area contributed by atoms with Crippen LogP contribution in [0, 0.1) is 25.2 Å². The predicted octanol–water partition coefficient (Wildman–Crippen LogP) is 6.97. The number of nitrogens with one attached hydrogen (secondary N) is 1. The fourth-order valence-electron chi connectivity index (χ4n) is 3.23. The molecule has 0 aliphatic carbocycles.